The van der Waals surface area contributed by atoms with Gasteiger partial charge in [0, 0.05) is 15.6 Å². The van der Waals surface area contributed by atoms with Crippen molar-refractivity contribution in [3.63, 3.8) is 0 Å². The van der Waals surface area contributed by atoms with Crippen molar-refractivity contribution in [2.24, 2.45) is 0 Å². The van der Waals surface area contributed by atoms with Crippen molar-refractivity contribution in [1.29, 1.82) is 0 Å². The molecule has 0 aliphatic carbocycles. The number of nitrogens with zero attached hydrogens (tertiary/aromatic N) is 1. The first-order valence-electron chi connectivity index (χ1n) is 8.90. The van der Waals surface area contributed by atoms with E-state index in [4.69, 9.17) is 14.6 Å². The van der Waals surface area contributed by atoms with E-state index in [-0.39, 0.29) is 4.91 Å². The van der Waals surface area contributed by atoms with Crippen molar-refractivity contribution >= 4 is 56.4 Å². The van der Waals surface area contributed by atoms with Gasteiger partial charge in [-0.15, -0.1) is 11.3 Å². The number of aliphatic carboxylic acids is 1. The Balaban J connectivity index is 1.80. The molecule has 1 fully saturated rings. The van der Waals surface area contributed by atoms with E-state index >= 15 is 0 Å². The topological polar surface area (TPSA) is 93.1 Å². The average molecular weight is 434 g/mol. The van der Waals surface area contributed by atoms with Crippen LogP contribution < -0.4 is 9.47 Å². The summed E-state index contributed by atoms with van der Waals surface area (Å²) in [5.41, 5.74) is 0. The molecular weight excluding hydrogens is 414 g/mol. The van der Waals surface area contributed by atoms with Crippen LogP contribution in [0.3, 0.4) is 0 Å². The van der Waals surface area contributed by atoms with Crippen LogP contribution in [0.4, 0.5) is 4.79 Å². The summed E-state index contributed by atoms with van der Waals surface area (Å²) in [6.07, 6.45) is 5.03. The minimum Gasteiger partial charge on any atom is -0.490 e. The second kappa shape index (κ2) is 9.15. The third kappa shape index (κ3) is 4.80. The predicted molar refractivity (Wildman–Crippen MR) is 114 cm³/mol. The molecule has 152 valence electrons. The zero-order valence-corrected chi connectivity index (χ0v) is 17.5. The number of hydrogen-bond acceptors (Lipinski definition) is 7. The fraction of sp³-hybridized carbons (Fsp3) is 0.250. The summed E-state index contributed by atoms with van der Waals surface area (Å²) < 4.78 is 12.3. The van der Waals surface area contributed by atoms with E-state index in [1.54, 1.807) is 17.4 Å². The Hall–Kier alpha value is -2.78. The summed E-state index contributed by atoms with van der Waals surface area (Å²) in [6.45, 7) is 4.28. The number of thiophene rings is 1. The number of amides is 2. The largest absolute Gasteiger partial charge is 0.490 e. The maximum atomic E-state index is 12.1. The Labute approximate surface area is 175 Å². The number of fused-ring (bicyclic) bond motifs is 1. The molecule has 1 saturated heterocycles. The Morgan fingerprint density at radius 1 is 1.14 bits per heavy atom. The van der Waals surface area contributed by atoms with Gasteiger partial charge in [0.25, 0.3) is 11.1 Å². The van der Waals surface area contributed by atoms with Gasteiger partial charge in [0.2, 0.25) is 0 Å². The van der Waals surface area contributed by atoms with Crippen molar-refractivity contribution < 1.29 is 29.0 Å². The standard InChI is InChI=1S/C20H19NO6S2/c1-3-26-14-9-12-8-13(28-17(12)10-15(14)27-4-2)6-5-7-16-19(24)21(11-18(22)23)20(25)29-16/h5-10H,3-4,11H2,1-2H3,(H,22,23). The van der Waals surface area contributed by atoms with E-state index in [9.17, 15) is 14.4 Å². The Morgan fingerprint density at radius 3 is 2.48 bits per heavy atom. The highest BCUT2D eigenvalue weighted by Crippen LogP contribution is 2.37. The van der Waals surface area contributed by atoms with Crippen LogP contribution in [0, 0.1) is 0 Å². The third-order valence-corrected chi connectivity index (χ3v) is 5.87. The van der Waals surface area contributed by atoms with Crippen molar-refractivity contribution in [2.45, 2.75) is 13.8 Å². The number of carbonyl (C=O) groups is 3. The average Bonchev–Trinajstić information content (AvgIpc) is 3.17. The number of allylic oxidation sites excluding steroid dienone is 2. The number of carboxylic acid groups (broad SMARTS) is 1. The van der Waals surface area contributed by atoms with Crippen LogP contribution in [-0.4, -0.2) is 46.9 Å². The predicted octanol–water partition coefficient (Wildman–Crippen LogP) is 4.38. The zero-order valence-electron chi connectivity index (χ0n) is 15.8. The summed E-state index contributed by atoms with van der Waals surface area (Å²) in [7, 11) is 0. The first-order chi connectivity index (χ1) is 13.9. The quantitative estimate of drug-likeness (QED) is 0.618. The van der Waals surface area contributed by atoms with Crippen molar-refractivity contribution in [3.05, 3.63) is 40.1 Å². The van der Waals surface area contributed by atoms with E-state index in [0.717, 1.165) is 31.6 Å². The molecule has 0 spiro atoms. The van der Waals surface area contributed by atoms with Crippen LogP contribution in [0.2, 0.25) is 0 Å². The highest BCUT2D eigenvalue weighted by atomic mass is 32.2. The van der Waals surface area contributed by atoms with Crippen molar-refractivity contribution in [1.82, 2.24) is 4.90 Å². The first-order valence-corrected chi connectivity index (χ1v) is 10.5. The molecule has 1 N–H and O–H groups in total. The molecule has 0 unspecified atom stereocenters. The van der Waals surface area contributed by atoms with E-state index in [1.165, 1.54) is 6.08 Å². The molecule has 2 heterocycles. The molecule has 29 heavy (non-hydrogen) atoms. The van der Waals surface area contributed by atoms with E-state index in [0.29, 0.717) is 24.7 Å². The monoisotopic (exact) mass is 433 g/mol. The van der Waals surface area contributed by atoms with Gasteiger partial charge in [-0.25, -0.2) is 0 Å². The second-order valence-electron chi connectivity index (χ2n) is 5.89. The maximum absolute atomic E-state index is 12.1. The van der Waals surface area contributed by atoms with Gasteiger partial charge in [-0.2, -0.15) is 0 Å². The second-order valence-corrected chi connectivity index (χ2v) is 8.00. The normalized spacial score (nSPS) is 15.8. The number of benzene rings is 1. The third-order valence-electron chi connectivity index (χ3n) is 3.88. The molecule has 0 radical (unpaired) electrons. The number of carbonyl (C=O) groups excluding carboxylic acids is 2. The van der Waals surface area contributed by atoms with Crippen molar-refractivity contribution in [3.8, 4) is 11.5 Å². The first kappa shape index (κ1) is 20.9. The van der Waals surface area contributed by atoms with Crippen LogP contribution in [0.5, 0.6) is 11.5 Å². The molecule has 0 saturated carbocycles. The van der Waals surface area contributed by atoms with Gasteiger partial charge in [0.05, 0.1) is 18.1 Å². The molecule has 7 nitrogen and oxygen atoms in total. The van der Waals surface area contributed by atoms with Gasteiger partial charge >= 0.3 is 5.97 Å². The number of hydrogen-bond donors (Lipinski definition) is 1. The molecule has 1 aliphatic rings. The van der Waals surface area contributed by atoms with Crippen molar-refractivity contribution in [2.75, 3.05) is 19.8 Å². The number of ether oxygens (including phenoxy) is 2. The Bertz CT molecular complexity index is 980. The van der Waals surface area contributed by atoms with Crippen LogP contribution in [0.25, 0.3) is 16.2 Å². The minimum atomic E-state index is -1.23. The lowest BCUT2D eigenvalue weighted by atomic mass is 10.2. The highest BCUT2D eigenvalue weighted by Gasteiger charge is 2.35. The van der Waals surface area contributed by atoms with Gasteiger partial charge in [-0.1, -0.05) is 6.08 Å². The van der Waals surface area contributed by atoms with E-state index < -0.39 is 23.7 Å². The number of rotatable bonds is 8. The molecule has 0 atom stereocenters. The highest BCUT2D eigenvalue weighted by molar-refractivity contribution is 8.18. The molecule has 1 aromatic heterocycles. The summed E-state index contributed by atoms with van der Waals surface area (Å²) in [5, 5.41) is 9.23. The van der Waals surface area contributed by atoms with Gasteiger partial charge < -0.3 is 14.6 Å². The Kier molecular flexibility index (Phi) is 6.60. The molecule has 1 aromatic carbocycles. The number of thioether (sulfide) groups is 1. The van der Waals surface area contributed by atoms with E-state index in [1.807, 2.05) is 38.1 Å². The summed E-state index contributed by atoms with van der Waals surface area (Å²) in [6, 6.07) is 5.89. The summed E-state index contributed by atoms with van der Waals surface area (Å²) in [5.74, 6) is -0.424. The molecule has 2 amide bonds. The fourth-order valence-electron chi connectivity index (χ4n) is 2.70. The maximum Gasteiger partial charge on any atom is 0.323 e. The molecule has 9 heteroatoms. The molecular formula is C20H19NO6S2. The molecule has 1 aliphatic heterocycles. The van der Waals surface area contributed by atoms with Crippen LogP contribution in [0.1, 0.15) is 18.7 Å². The molecule has 0 bridgehead atoms. The van der Waals surface area contributed by atoms with E-state index in [2.05, 4.69) is 0 Å². The van der Waals surface area contributed by atoms with Gasteiger partial charge in [0.15, 0.2) is 11.5 Å². The smallest absolute Gasteiger partial charge is 0.323 e. The minimum absolute atomic E-state index is 0.200. The van der Waals surface area contributed by atoms with Crippen LogP contribution >= 0.6 is 23.1 Å². The Morgan fingerprint density at radius 2 is 1.83 bits per heavy atom. The molecule has 2 aromatic rings. The summed E-state index contributed by atoms with van der Waals surface area (Å²) in [4.78, 5) is 36.5. The molecule has 3 rings (SSSR count). The number of carboxylic acids is 1. The number of imide groups is 1. The van der Waals surface area contributed by atoms with Gasteiger partial charge in [-0.3, -0.25) is 19.3 Å². The summed E-state index contributed by atoms with van der Waals surface area (Å²) >= 11 is 2.29. The zero-order chi connectivity index (χ0) is 21.0. The van der Waals surface area contributed by atoms with Gasteiger partial charge in [-0.05, 0) is 55.3 Å². The SMILES string of the molecule is CCOc1cc2cc(C=CC=C3SC(=O)N(CC(=O)O)C3=O)sc2cc1OCC. The fourth-order valence-corrected chi connectivity index (χ4v) is 4.48. The lowest BCUT2D eigenvalue weighted by Crippen LogP contribution is -2.33. The lowest BCUT2D eigenvalue weighted by Gasteiger charge is -2.10. The lowest BCUT2D eigenvalue weighted by molar-refractivity contribution is -0.140. The van der Waals surface area contributed by atoms with Crippen LogP contribution in [-0.2, 0) is 9.59 Å². The van der Waals surface area contributed by atoms with Crippen LogP contribution in [0.15, 0.2) is 35.3 Å². The van der Waals surface area contributed by atoms with Gasteiger partial charge in [0.1, 0.15) is 6.54 Å².